The minimum absolute atomic E-state index is 0.135. The predicted molar refractivity (Wildman–Crippen MR) is 82.8 cm³/mol. The lowest BCUT2D eigenvalue weighted by Crippen LogP contribution is -2.31. The van der Waals surface area contributed by atoms with Gasteiger partial charge in [-0.05, 0) is 42.3 Å². The third kappa shape index (κ3) is 4.91. The molecule has 4 nitrogen and oxygen atoms in total. The first-order valence-electron chi connectivity index (χ1n) is 6.92. The Hall–Kier alpha value is -2.87. The Balaban J connectivity index is 1.71. The van der Waals surface area contributed by atoms with Gasteiger partial charge in [0.25, 0.3) is 0 Å². The predicted octanol–water partition coefficient (Wildman–Crippen LogP) is 2.47. The summed E-state index contributed by atoms with van der Waals surface area (Å²) in [6.45, 7) is 0.628. The fourth-order valence-corrected chi connectivity index (χ4v) is 1.94. The summed E-state index contributed by atoms with van der Waals surface area (Å²) in [6.07, 6.45) is 0.649. The number of nitriles is 1. The Bertz CT molecular complexity index is 677. The second-order valence-electron chi connectivity index (χ2n) is 4.77. The van der Waals surface area contributed by atoms with E-state index in [1.54, 1.807) is 36.4 Å². The van der Waals surface area contributed by atoms with Crippen molar-refractivity contribution in [1.82, 2.24) is 5.32 Å². The normalized spacial score (nSPS) is 9.82. The van der Waals surface area contributed by atoms with Gasteiger partial charge in [0.2, 0.25) is 5.91 Å². The van der Waals surface area contributed by atoms with Gasteiger partial charge in [0, 0.05) is 12.2 Å². The minimum Gasteiger partial charge on any atom is -0.376 e. The van der Waals surface area contributed by atoms with E-state index >= 15 is 0 Å². The molecular weight excluding hydrogens is 281 g/mol. The van der Waals surface area contributed by atoms with Gasteiger partial charge < -0.3 is 10.6 Å². The molecular formula is C17H16FN3O. The molecule has 0 aromatic heterocycles. The van der Waals surface area contributed by atoms with Crippen molar-refractivity contribution in [3.63, 3.8) is 0 Å². The van der Waals surface area contributed by atoms with Gasteiger partial charge in [0.05, 0.1) is 18.2 Å². The van der Waals surface area contributed by atoms with Gasteiger partial charge >= 0.3 is 0 Å². The molecule has 2 aromatic rings. The highest BCUT2D eigenvalue weighted by Gasteiger charge is 2.02. The maximum atomic E-state index is 12.8. The molecule has 0 saturated carbocycles. The maximum absolute atomic E-state index is 12.8. The van der Waals surface area contributed by atoms with E-state index in [2.05, 4.69) is 10.6 Å². The average molecular weight is 297 g/mol. The van der Waals surface area contributed by atoms with Crippen LogP contribution in [0.15, 0.2) is 48.5 Å². The smallest absolute Gasteiger partial charge is 0.239 e. The summed E-state index contributed by atoms with van der Waals surface area (Å²) in [6, 6.07) is 15.2. The van der Waals surface area contributed by atoms with E-state index in [0.29, 0.717) is 18.5 Å². The number of benzene rings is 2. The lowest BCUT2D eigenvalue weighted by molar-refractivity contribution is -0.119. The van der Waals surface area contributed by atoms with E-state index in [4.69, 9.17) is 5.26 Å². The zero-order valence-corrected chi connectivity index (χ0v) is 12.0. The highest BCUT2D eigenvalue weighted by molar-refractivity contribution is 5.80. The summed E-state index contributed by atoms with van der Waals surface area (Å²) in [7, 11) is 0. The summed E-state index contributed by atoms with van der Waals surface area (Å²) < 4.78 is 12.8. The standard InChI is InChI=1S/C17H16FN3O/c18-15-6-4-13(5-7-15)8-9-20-17(22)12-21-16-3-1-2-14(10-16)11-19/h1-7,10,21H,8-9,12H2,(H,20,22). The highest BCUT2D eigenvalue weighted by atomic mass is 19.1. The molecule has 2 N–H and O–H groups in total. The first-order valence-corrected chi connectivity index (χ1v) is 6.92. The molecule has 22 heavy (non-hydrogen) atoms. The van der Waals surface area contributed by atoms with Gasteiger partial charge in [0.15, 0.2) is 0 Å². The van der Waals surface area contributed by atoms with Crippen molar-refractivity contribution in [2.45, 2.75) is 6.42 Å². The van der Waals surface area contributed by atoms with Crippen LogP contribution < -0.4 is 10.6 Å². The van der Waals surface area contributed by atoms with Crippen LogP contribution in [-0.4, -0.2) is 19.0 Å². The van der Waals surface area contributed by atoms with Gasteiger partial charge in [-0.15, -0.1) is 0 Å². The van der Waals surface area contributed by atoms with Gasteiger partial charge in [-0.1, -0.05) is 18.2 Å². The van der Waals surface area contributed by atoms with Crippen LogP contribution in [0.4, 0.5) is 10.1 Å². The quantitative estimate of drug-likeness (QED) is 0.861. The van der Waals surface area contributed by atoms with Crippen LogP contribution in [0.2, 0.25) is 0 Å². The van der Waals surface area contributed by atoms with Crippen LogP contribution in [-0.2, 0) is 11.2 Å². The number of nitrogens with zero attached hydrogens (tertiary/aromatic N) is 1. The van der Waals surface area contributed by atoms with Crippen molar-refractivity contribution in [2.75, 3.05) is 18.4 Å². The van der Waals surface area contributed by atoms with Crippen LogP contribution in [0, 0.1) is 17.1 Å². The van der Waals surface area contributed by atoms with Crippen LogP contribution in [0.5, 0.6) is 0 Å². The summed E-state index contributed by atoms with van der Waals surface area (Å²) >= 11 is 0. The average Bonchev–Trinajstić information content (AvgIpc) is 2.55. The monoisotopic (exact) mass is 297 g/mol. The first-order chi connectivity index (χ1) is 10.7. The van der Waals surface area contributed by atoms with Crippen molar-refractivity contribution < 1.29 is 9.18 Å². The summed E-state index contributed by atoms with van der Waals surface area (Å²) in [5, 5.41) is 14.5. The largest absolute Gasteiger partial charge is 0.376 e. The molecule has 0 aliphatic carbocycles. The number of carbonyl (C=O) groups excluding carboxylic acids is 1. The lowest BCUT2D eigenvalue weighted by atomic mass is 10.1. The van der Waals surface area contributed by atoms with Crippen molar-refractivity contribution in [3.05, 3.63) is 65.5 Å². The third-order valence-corrected chi connectivity index (χ3v) is 3.09. The van der Waals surface area contributed by atoms with E-state index in [1.165, 1.54) is 12.1 Å². The minimum atomic E-state index is -0.267. The SMILES string of the molecule is N#Cc1cccc(NCC(=O)NCCc2ccc(F)cc2)c1. The van der Waals surface area contributed by atoms with Gasteiger partial charge in [-0.2, -0.15) is 5.26 Å². The second kappa shape index (κ2) is 7.79. The fourth-order valence-electron chi connectivity index (χ4n) is 1.94. The zero-order chi connectivity index (χ0) is 15.8. The molecule has 0 saturated heterocycles. The van der Waals surface area contributed by atoms with Crippen molar-refractivity contribution in [2.24, 2.45) is 0 Å². The Morgan fingerprint density at radius 3 is 2.68 bits per heavy atom. The highest BCUT2D eigenvalue weighted by Crippen LogP contribution is 2.09. The van der Waals surface area contributed by atoms with E-state index < -0.39 is 0 Å². The first kappa shape index (κ1) is 15.5. The number of carbonyl (C=O) groups is 1. The van der Waals surface area contributed by atoms with E-state index in [-0.39, 0.29) is 18.3 Å². The van der Waals surface area contributed by atoms with E-state index in [9.17, 15) is 9.18 Å². The molecule has 0 unspecified atom stereocenters. The number of rotatable bonds is 6. The molecule has 0 heterocycles. The maximum Gasteiger partial charge on any atom is 0.239 e. The molecule has 0 atom stereocenters. The Morgan fingerprint density at radius 2 is 1.95 bits per heavy atom. The number of nitrogens with one attached hydrogen (secondary N) is 2. The van der Waals surface area contributed by atoms with Gasteiger partial charge in [-0.25, -0.2) is 4.39 Å². The summed E-state index contributed by atoms with van der Waals surface area (Å²) in [5.41, 5.74) is 2.24. The molecule has 0 aliphatic heterocycles. The zero-order valence-electron chi connectivity index (χ0n) is 12.0. The number of amides is 1. The summed E-state index contributed by atoms with van der Waals surface area (Å²) in [4.78, 5) is 11.7. The molecule has 1 amide bonds. The molecule has 5 heteroatoms. The Labute approximate surface area is 128 Å². The van der Waals surface area contributed by atoms with Crippen molar-refractivity contribution >= 4 is 11.6 Å². The number of anilines is 1. The molecule has 0 bridgehead atoms. The van der Waals surface area contributed by atoms with Gasteiger partial charge in [0.1, 0.15) is 5.82 Å². The van der Waals surface area contributed by atoms with Crippen molar-refractivity contribution in [1.29, 1.82) is 5.26 Å². The topological polar surface area (TPSA) is 64.9 Å². The number of hydrogen-bond donors (Lipinski definition) is 2. The molecule has 0 radical (unpaired) electrons. The number of halogens is 1. The van der Waals surface area contributed by atoms with Crippen LogP contribution in [0.3, 0.4) is 0 Å². The van der Waals surface area contributed by atoms with Gasteiger partial charge in [-0.3, -0.25) is 4.79 Å². The third-order valence-electron chi connectivity index (χ3n) is 3.09. The van der Waals surface area contributed by atoms with Crippen molar-refractivity contribution in [3.8, 4) is 6.07 Å². The van der Waals surface area contributed by atoms with E-state index in [0.717, 1.165) is 11.3 Å². The Kier molecular flexibility index (Phi) is 5.50. The molecule has 0 spiro atoms. The molecule has 0 aliphatic rings. The summed E-state index contributed by atoms with van der Waals surface area (Å²) in [5.74, 6) is -0.402. The van der Waals surface area contributed by atoms with Crippen LogP contribution in [0.1, 0.15) is 11.1 Å². The molecule has 0 fully saturated rings. The van der Waals surface area contributed by atoms with Crippen LogP contribution >= 0.6 is 0 Å². The molecule has 2 aromatic carbocycles. The fraction of sp³-hybridized carbons (Fsp3) is 0.176. The lowest BCUT2D eigenvalue weighted by Gasteiger charge is -2.08. The molecule has 112 valence electrons. The van der Waals surface area contributed by atoms with Crippen LogP contribution in [0.25, 0.3) is 0 Å². The second-order valence-corrected chi connectivity index (χ2v) is 4.77. The number of hydrogen-bond acceptors (Lipinski definition) is 3. The van der Waals surface area contributed by atoms with E-state index in [1.807, 2.05) is 6.07 Å². The molecule has 2 rings (SSSR count). The Morgan fingerprint density at radius 1 is 1.18 bits per heavy atom.